The normalized spacial score (nSPS) is 16.7. The molecule has 0 aliphatic carbocycles. The summed E-state index contributed by atoms with van der Waals surface area (Å²) < 4.78 is 0. The topological polar surface area (TPSA) is 64.3 Å². The van der Waals surface area contributed by atoms with Crippen LogP contribution in [0, 0.1) is 0 Å². The van der Waals surface area contributed by atoms with Gasteiger partial charge in [0.25, 0.3) is 0 Å². The van der Waals surface area contributed by atoms with E-state index in [0.29, 0.717) is 11.6 Å². The number of nitrogens with one attached hydrogen (secondary N) is 2. The molecule has 1 fully saturated rings. The van der Waals surface area contributed by atoms with Crippen molar-refractivity contribution in [2.45, 2.75) is 13.0 Å². The molecular weight excluding hydrogens is 326 g/mol. The van der Waals surface area contributed by atoms with E-state index < -0.39 is 0 Å². The van der Waals surface area contributed by atoms with Crippen LogP contribution in [0.5, 0.6) is 0 Å². The maximum atomic E-state index is 12.2. The SMILES string of the molecule is O=C(CN1CCCN(Cc2ncc[nH]2)CC1)Nc1cccc(Cl)c1. The summed E-state index contributed by atoms with van der Waals surface area (Å²) in [6, 6.07) is 7.22. The fraction of sp³-hybridized carbons (Fsp3) is 0.412. The highest BCUT2D eigenvalue weighted by Crippen LogP contribution is 2.15. The number of anilines is 1. The van der Waals surface area contributed by atoms with E-state index in [1.54, 1.807) is 18.3 Å². The standard InChI is InChI=1S/C17H22ClN5O/c18-14-3-1-4-15(11-14)21-17(24)13-23-8-2-7-22(9-10-23)12-16-19-5-6-20-16/h1,3-6,11H,2,7-10,12-13H2,(H,19,20)(H,21,24). The van der Waals surface area contributed by atoms with Crippen molar-refractivity contribution in [3.8, 4) is 0 Å². The molecule has 0 saturated carbocycles. The number of benzene rings is 1. The minimum Gasteiger partial charge on any atom is -0.348 e. The van der Waals surface area contributed by atoms with Crippen LogP contribution in [0.4, 0.5) is 5.69 Å². The van der Waals surface area contributed by atoms with Gasteiger partial charge in [0.1, 0.15) is 5.82 Å². The molecule has 1 aliphatic rings. The second kappa shape index (κ2) is 8.28. The van der Waals surface area contributed by atoms with Crippen molar-refractivity contribution >= 4 is 23.2 Å². The predicted molar refractivity (Wildman–Crippen MR) is 95.0 cm³/mol. The molecule has 1 saturated heterocycles. The Bertz CT molecular complexity index is 661. The lowest BCUT2D eigenvalue weighted by Crippen LogP contribution is -2.36. The number of carbonyl (C=O) groups excluding carboxylic acids is 1. The van der Waals surface area contributed by atoms with Gasteiger partial charge in [-0.1, -0.05) is 17.7 Å². The maximum Gasteiger partial charge on any atom is 0.238 e. The van der Waals surface area contributed by atoms with E-state index in [2.05, 4.69) is 25.1 Å². The first kappa shape index (κ1) is 17.0. The molecule has 1 aliphatic heterocycles. The molecule has 1 aromatic carbocycles. The van der Waals surface area contributed by atoms with Gasteiger partial charge in [0.05, 0.1) is 13.1 Å². The Morgan fingerprint density at radius 1 is 1.25 bits per heavy atom. The van der Waals surface area contributed by atoms with Crippen LogP contribution in [0.1, 0.15) is 12.2 Å². The molecule has 24 heavy (non-hydrogen) atoms. The largest absolute Gasteiger partial charge is 0.348 e. The van der Waals surface area contributed by atoms with Crippen molar-refractivity contribution < 1.29 is 4.79 Å². The lowest BCUT2D eigenvalue weighted by molar-refractivity contribution is -0.117. The van der Waals surface area contributed by atoms with Gasteiger partial charge in [-0.2, -0.15) is 0 Å². The monoisotopic (exact) mass is 347 g/mol. The van der Waals surface area contributed by atoms with E-state index in [1.807, 2.05) is 18.3 Å². The van der Waals surface area contributed by atoms with Crippen LogP contribution in [-0.2, 0) is 11.3 Å². The number of nitrogens with zero attached hydrogens (tertiary/aromatic N) is 3. The maximum absolute atomic E-state index is 12.2. The first-order valence-electron chi connectivity index (χ1n) is 8.17. The van der Waals surface area contributed by atoms with Crippen molar-refractivity contribution in [1.29, 1.82) is 0 Å². The fourth-order valence-electron chi connectivity index (χ4n) is 2.91. The van der Waals surface area contributed by atoms with Crippen LogP contribution >= 0.6 is 11.6 Å². The van der Waals surface area contributed by atoms with Gasteiger partial charge in [0.15, 0.2) is 0 Å². The highest BCUT2D eigenvalue weighted by atomic mass is 35.5. The molecule has 2 aromatic rings. The number of hydrogen-bond donors (Lipinski definition) is 2. The average Bonchev–Trinajstić information content (AvgIpc) is 2.95. The zero-order valence-corrected chi connectivity index (χ0v) is 14.3. The molecule has 2 heterocycles. The smallest absolute Gasteiger partial charge is 0.238 e. The molecule has 0 radical (unpaired) electrons. The van der Waals surface area contributed by atoms with Gasteiger partial charge in [-0.15, -0.1) is 0 Å². The number of aromatic nitrogens is 2. The van der Waals surface area contributed by atoms with Crippen molar-refractivity contribution in [2.75, 3.05) is 38.0 Å². The summed E-state index contributed by atoms with van der Waals surface area (Å²) in [7, 11) is 0. The van der Waals surface area contributed by atoms with Crippen molar-refractivity contribution in [2.24, 2.45) is 0 Å². The zero-order chi connectivity index (χ0) is 16.8. The Morgan fingerprint density at radius 3 is 2.88 bits per heavy atom. The Kier molecular flexibility index (Phi) is 5.85. The summed E-state index contributed by atoms with van der Waals surface area (Å²) >= 11 is 5.94. The highest BCUT2D eigenvalue weighted by molar-refractivity contribution is 6.30. The number of aromatic amines is 1. The lowest BCUT2D eigenvalue weighted by Gasteiger charge is -2.20. The van der Waals surface area contributed by atoms with E-state index in [4.69, 9.17) is 11.6 Å². The number of halogens is 1. The molecule has 2 N–H and O–H groups in total. The van der Waals surface area contributed by atoms with E-state index >= 15 is 0 Å². The van der Waals surface area contributed by atoms with Gasteiger partial charge in [-0.25, -0.2) is 4.98 Å². The Labute approximate surface area is 146 Å². The number of amides is 1. The van der Waals surface area contributed by atoms with Crippen LogP contribution in [-0.4, -0.2) is 58.4 Å². The molecule has 7 heteroatoms. The summed E-state index contributed by atoms with van der Waals surface area (Å²) in [5.41, 5.74) is 0.738. The first-order chi connectivity index (χ1) is 11.7. The van der Waals surface area contributed by atoms with E-state index in [0.717, 1.165) is 50.7 Å². The van der Waals surface area contributed by atoms with Crippen molar-refractivity contribution in [3.63, 3.8) is 0 Å². The number of imidazole rings is 1. The zero-order valence-electron chi connectivity index (χ0n) is 13.5. The first-order valence-corrected chi connectivity index (χ1v) is 8.55. The molecule has 1 aromatic heterocycles. The Hall–Kier alpha value is -1.89. The third-order valence-electron chi connectivity index (χ3n) is 4.08. The van der Waals surface area contributed by atoms with E-state index in [9.17, 15) is 4.79 Å². The highest BCUT2D eigenvalue weighted by Gasteiger charge is 2.17. The van der Waals surface area contributed by atoms with Crippen LogP contribution < -0.4 is 5.32 Å². The second-order valence-corrected chi connectivity index (χ2v) is 6.44. The van der Waals surface area contributed by atoms with E-state index in [1.165, 1.54) is 0 Å². The number of hydrogen-bond acceptors (Lipinski definition) is 4. The summed E-state index contributed by atoms with van der Waals surface area (Å²) in [6.45, 7) is 5.00. The summed E-state index contributed by atoms with van der Waals surface area (Å²) in [4.78, 5) is 24.2. The summed E-state index contributed by atoms with van der Waals surface area (Å²) in [5, 5.41) is 3.53. The molecule has 6 nitrogen and oxygen atoms in total. The summed E-state index contributed by atoms with van der Waals surface area (Å²) in [5.74, 6) is 0.985. The third-order valence-corrected chi connectivity index (χ3v) is 4.32. The quantitative estimate of drug-likeness (QED) is 0.870. The average molecular weight is 348 g/mol. The molecular formula is C17H22ClN5O. The molecule has 0 spiro atoms. The molecule has 0 bridgehead atoms. The van der Waals surface area contributed by atoms with Gasteiger partial charge in [-0.05, 0) is 37.7 Å². The minimum atomic E-state index is -0.00301. The molecule has 128 valence electrons. The predicted octanol–water partition coefficient (Wildman–Crippen LogP) is 2.21. The molecule has 1 amide bonds. The van der Waals surface area contributed by atoms with Gasteiger partial charge >= 0.3 is 0 Å². The van der Waals surface area contributed by atoms with Gasteiger partial charge in [0.2, 0.25) is 5.91 Å². The lowest BCUT2D eigenvalue weighted by atomic mass is 10.3. The van der Waals surface area contributed by atoms with Crippen LogP contribution in [0.3, 0.4) is 0 Å². The molecule has 0 unspecified atom stereocenters. The number of H-pyrrole nitrogens is 1. The van der Waals surface area contributed by atoms with Crippen LogP contribution in [0.15, 0.2) is 36.7 Å². The minimum absolute atomic E-state index is 0.00301. The van der Waals surface area contributed by atoms with E-state index in [-0.39, 0.29) is 5.91 Å². The summed E-state index contributed by atoms with van der Waals surface area (Å²) in [6.07, 6.45) is 4.67. The fourth-order valence-corrected chi connectivity index (χ4v) is 3.10. The number of rotatable bonds is 5. The van der Waals surface area contributed by atoms with Gasteiger partial charge < -0.3 is 10.3 Å². The van der Waals surface area contributed by atoms with Crippen molar-refractivity contribution in [3.05, 3.63) is 47.5 Å². The van der Waals surface area contributed by atoms with Crippen LogP contribution in [0.25, 0.3) is 0 Å². The Morgan fingerprint density at radius 2 is 2.08 bits per heavy atom. The van der Waals surface area contributed by atoms with Crippen LogP contribution in [0.2, 0.25) is 5.02 Å². The third kappa shape index (κ3) is 5.06. The van der Waals surface area contributed by atoms with Gasteiger partial charge in [0, 0.05) is 36.2 Å². The Balaban J connectivity index is 1.46. The van der Waals surface area contributed by atoms with Crippen molar-refractivity contribution in [1.82, 2.24) is 19.8 Å². The second-order valence-electron chi connectivity index (χ2n) is 6.00. The number of carbonyl (C=O) groups is 1. The molecule has 0 atom stereocenters. The molecule has 3 rings (SSSR count). The van der Waals surface area contributed by atoms with Gasteiger partial charge in [-0.3, -0.25) is 14.6 Å².